The number of hydrogen-bond acceptors (Lipinski definition) is 3. The second-order valence-corrected chi connectivity index (χ2v) is 4.68. The zero-order chi connectivity index (χ0) is 12.6. The van der Waals surface area contributed by atoms with Gasteiger partial charge in [-0.1, -0.05) is 77.6 Å². The Morgan fingerprint density at radius 3 is 2.22 bits per heavy atom. The largest absolute Gasteiger partial charge is 0.398 e. The summed E-state index contributed by atoms with van der Waals surface area (Å²) in [5.74, 6) is 0.887. The van der Waals surface area contributed by atoms with Gasteiger partial charge in [0.05, 0.1) is 0 Å². The standard InChI is InChI=1S/C15H15NOS/c1-17-16-15(14-10-6-3-7-11-14)18-12-13-8-4-2-5-9-13/h2-11H,12H2,1H3/b16-15-. The van der Waals surface area contributed by atoms with Crippen LogP contribution in [0.5, 0.6) is 0 Å². The molecule has 0 amide bonds. The molecule has 0 atom stereocenters. The van der Waals surface area contributed by atoms with Crippen molar-refractivity contribution in [1.82, 2.24) is 0 Å². The Labute approximate surface area is 112 Å². The fourth-order valence-corrected chi connectivity index (χ4v) is 2.48. The van der Waals surface area contributed by atoms with Gasteiger partial charge in [0, 0.05) is 11.3 Å². The summed E-state index contributed by atoms with van der Waals surface area (Å²) in [6.45, 7) is 0. The van der Waals surface area contributed by atoms with Gasteiger partial charge in [-0.15, -0.1) is 0 Å². The predicted octanol–water partition coefficient (Wildman–Crippen LogP) is 3.93. The van der Waals surface area contributed by atoms with Gasteiger partial charge >= 0.3 is 0 Å². The summed E-state index contributed by atoms with van der Waals surface area (Å²) in [7, 11) is 1.58. The molecule has 0 radical (unpaired) electrons. The molecule has 0 aromatic heterocycles. The van der Waals surface area contributed by atoms with Gasteiger partial charge in [-0.2, -0.15) is 0 Å². The van der Waals surface area contributed by atoms with Crippen LogP contribution in [0.15, 0.2) is 65.8 Å². The first-order chi connectivity index (χ1) is 8.90. The van der Waals surface area contributed by atoms with Crippen molar-refractivity contribution >= 4 is 16.8 Å². The van der Waals surface area contributed by atoms with Crippen molar-refractivity contribution in [3.63, 3.8) is 0 Å². The van der Waals surface area contributed by atoms with Crippen molar-refractivity contribution in [2.75, 3.05) is 7.11 Å². The lowest BCUT2D eigenvalue weighted by molar-refractivity contribution is 0.215. The molecule has 0 bridgehead atoms. The van der Waals surface area contributed by atoms with Gasteiger partial charge in [-0.25, -0.2) is 0 Å². The lowest BCUT2D eigenvalue weighted by Gasteiger charge is -2.05. The molecular weight excluding hydrogens is 242 g/mol. The van der Waals surface area contributed by atoms with Crippen LogP contribution in [0.3, 0.4) is 0 Å². The molecule has 0 aliphatic carbocycles. The van der Waals surface area contributed by atoms with Crippen LogP contribution in [0, 0.1) is 0 Å². The molecule has 2 aromatic rings. The average molecular weight is 257 g/mol. The molecule has 0 fully saturated rings. The summed E-state index contributed by atoms with van der Waals surface area (Å²) in [6.07, 6.45) is 0. The minimum atomic E-state index is 0.887. The summed E-state index contributed by atoms with van der Waals surface area (Å²) >= 11 is 1.68. The van der Waals surface area contributed by atoms with Crippen LogP contribution in [0.4, 0.5) is 0 Å². The number of thioether (sulfide) groups is 1. The second-order valence-electron chi connectivity index (χ2n) is 3.72. The van der Waals surface area contributed by atoms with Crippen molar-refractivity contribution < 1.29 is 4.84 Å². The number of oxime groups is 1. The number of hydrogen-bond donors (Lipinski definition) is 0. The Hall–Kier alpha value is -1.74. The highest BCUT2D eigenvalue weighted by atomic mass is 32.2. The summed E-state index contributed by atoms with van der Waals surface area (Å²) in [5.41, 5.74) is 2.36. The van der Waals surface area contributed by atoms with Crippen LogP contribution in [-0.2, 0) is 10.6 Å². The van der Waals surface area contributed by atoms with Crippen molar-refractivity contribution in [1.29, 1.82) is 0 Å². The molecular formula is C15H15NOS. The quantitative estimate of drug-likeness (QED) is 0.470. The zero-order valence-corrected chi connectivity index (χ0v) is 11.1. The smallest absolute Gasteiger partial charge is 0.143 e. The van der Waals surface area contributed by atoms with Crippen LogP contribution >= 0.6 is 11.8 Å². The number of rotatable bonds is 4. The highest BCUT2D eigenvalue weighted by Crippen LogP contribution is 2.19. The molecule has 18 heavy (non-hydrogen) atoms. The first-order valence-corrected chi connectivity index (χ1v) is 6.72. The molecule has 0 saturated carbocycles. The van der Waals surface area contributed by atoms with Crippen molar-refractivity contribution in [3.8, 4) is 0 Å². The molecule has 3 heteroatoms. The molecule has 2 nitrogen and oxygen atoms in total. The van der Waals surface area contributed by atoms with Gasteiger partial charge in [0.2, 0.25) is 0 Å². The van der Waals surface area contributed by atoms with E-state index in [0.717, 1.165) is 16.4 Å². The minimum Gasteiger partial charge on any atom is -0.398 e. The molecule has 2 aromatic carbocycles. The van der Waals surface area contributed by atoms with E-state index in [4.69, 9.17) is 4.84 Å². The molecule has 0 aliphatic heterocycles. The van der Waals surface area contributed by atoms with E-state index in [1.54, 1.807) is 18.9 Å². The molecule has 0 N–H and O–H groups in total. The Balaban J connectivity index is 2.07. The van der Waals surface area contributed by atoms with Gasteiger partial charge in [-0.3, -0.25) is 0 Å². The van der Waals surface area contributed by atoms with E-state index in [-0.39, 0.29) is 0 Å². The van der Waals surface area contributed by atoms with E-state index in [0.29, 0.717) is 0 Å². The van der Waals surface area contributed by atoms with Gasteiger partial charge < -0.3 is 4.84 Å². The Morgan fingerprint density at radius 2 is 1.61 bits per heavy atom. The molecule has 2 rings (SSSR count). The summed E-state index contributed by atoms with van der Waals surface area (Å²) in [4.78, 5) is 4.91. The number of nitrogens with zero attached hydrogens (tertiary/aromatic N) is 1. The first kappa shape index (κ1) is 12.7. The van der Waals surface area contributed by atoms with Crippen LogP contribution < -0.4 is 0 Å². The van der Waals surface area contributed by atoms with Crippen molar-refractivity contribution in [2.45, 2.75) is 5.75 Å². The van der Waals surface area contributed by atoms with Crippen LogP contribution in [0.1, 0.15) is 11.1 Å². The van der Waals surface area contributed by atoms with Gasteiger partial charge in [0.25, 0.3) is 0 Å². The number of benzene rings is 2. The van der Waals surface area contributed by atoms with Gasteiger partial charge in [0.15, 0.2) is 0 Å². The van der Waals surface area contributed by atoms with E-state index >= 15 is 0 Å². The summed E-state index contributed by atoms with van der Waals surface area (Å²) in [5, 5.41) is 4.99. The van der Waals surface area contributed by atoms with Crippen molar-refractivity contribution in [3.05, 3.63) is 71.8 Å². The maximum atomic E-state index is 4.91. The minimum absolute atomic E-state index is 0.887. The first-order valence-electron chi connectivity index (χ1n) is 5.73. The van der Waals surface area contributed by atoms with Crippen LogP contribution in [-0.4, -0.2) is 12.2 Å². The van der Waals surface area contributed by atoms with Crippen LogP contribution in [0.25, 0.3) is 0 Å². The van der Waals surface area contributed by atoms with E-state index in [9.17, 15) is 0 Å². The maximum absolute atomic E-state index is 4.91. The molecule has 92 valence electrons. The zero-order valence-electron chi connectivity index (χ0n) is 10.2. The molecule has 0 heterocycles. The highest BCUT2D eigenvalue weighted by Gasteiger charge is 2.05. The third-order valence-corrected chi connectivity index (χ3v) is 3.47. The van der Waals surface area contributed by atoms with E-state index in [1.807, 2.05) is 48.5 Å². The third kappa shape index (κ3) is 3.64. The monoisotopic (exact) mass is 257 g/mol. The molecule has 0 saturated heterocycles. The van der Waals surface area contributed by atoms with Crippen molar-refractivity contribution in [2.24, 2.45) is 5.16 Å². The fraction of sp³-hybridized carbons (Fsp3) is 0.133. The average Bonchev–Trinajstić information content (AvgIpc) is 2.45. The second kappa shape index (κ2) is 6.87. The topological polar surface area (TPSA) is 21.6 Å². The summed E-state index contributed by atoms with van der Waals surface area (Å²) in [6, 6.07) is 20.4. The predicted molar refractivity (Wildman–Crippen MR) is 77.7 cm³/mol. The fourth-order valence-electron chi connectivity index (χ4n) is 1.55. The highest BCUT2D eigenvalue weighted by molar-refractivity contribution is 8.13. The van der Waals surface area contributed by atoms with E-state index < -0.39 is 0 Å². The molecule has 0 spiro atoms. The van der Waals surface area contributed by atoms with E-state index in [2.05, 4.69) is 17.3 Å². The van der Waals surface area contributed by atoms with Gasteiger partial charge in [0.1, 0.15) is 12.2 Å². The van der Waals surface area contributed by atoms with Crippen LogP contribution in [0.2, 0.25) is 0 Å². The lowest BCUT2D eigenvalue weighted by Crippen LogP contribution is -1.97. The maximum Gasteiger partial charge on any atom is 0.143 e. The molecule has 0 unspecified atom stereocenters. The van der Waals surface area contributed by atoms with Gasteiger partial charge in [-0.05, 0) is 5.56 Å². The lowest BCUT2D eigenvalue weighted by atomic mass is 10.2. The Morgan fingerprint density at radius 1 is 1.00 bits per heavy atom. The molecule has 0 aliphatic rings. The normalized spacial score (nSPS) is 11.3. The Bertz CT molecular complexity index is 496. The Kier molecular flexibility index (Phi) is 4.85. The SMILES string of the molecule is CO/N=C(\SCc1ccccc1)c1ccccc1. The third-order valence-electron chi connectivity index (χ3n) is 2.41. The summed E-state index contributed by atoms with van der Waals surface area (Å²) < 4.78 is 0. The van der Waals surface area contributed by atoms with E-state index in [1.165, 1.54) is 5.56 Å².